The fourth-order valence-electron chi connectivity index (χ4n) is 1.94. The summed E-state index contributed by atoms with van der Waals surface area (Å²) in [6, 6.07) is 4.17. The standard InChI is InChI=1S/C14H22FN3O2/c1-3-14(2,6-7-19)17-9-10-4-5-11(15)8-12(10)13(16)18-20/h4-5,8,17,19-20H,3,6-7,9H2,1-2H3,(H2,16,18). The minimum Gasteiger partial charge on any atom is -0.409 e. The Morgan fingerprint density at radius 1 is 1.50 bits per heavy atom. The second kappa shape index (κ2) is 7.21. The molecule has 6 heteroatoms. The van der Waals surface area contributed by atoms with Crippen molar-refractivity contribution in [2.45, 2.75) is 38.8 Å². The van der Waals surface area contributed by atoms with Crippen LogP contribution in [-0.2, 0) is 6.54 Å². The van der Waals surface area contributed by atoms with Crippen LogP contribution in [0.4, 0.5) is 4.39 Å². The van der Waals surface area contributed by atoms with E-state index >= 15 is 0 Å². The summed E-state index contributed by atoms with van der Waals surface area (Å²) >= 11 is 0. The third-order valence-electron chi connectivity index (χ3n) is 3.61. The molecule has 0 saturated heterocycles. The van der Waals surface area contributed by atoms with Crippen LogP contribution in [0.3, 0.4) is 0 Å². The van der Waals surface area contributed by atoms with Gasteiger partial charge in [0, 0.05) is 24.3 Å². The van der Waals surface area contributed by atoms with Crippen molar-refractivity contribution in [1.29, 1.82) is 0 Å². The van der Waals surface area contributed by atoms with Crippen molar-refractivity contribution in [3.05, 3.63) is 35.1 Å². The van der Waals surface area contributed by atoms with Gasteiger partial charge in [0.1, 0.15) is 5.82 Å². The predicted octanol–water partition coefficient (Wildman–Crippen LogP) is 1.56. The third-order valence-corrected chi connectivity index (χ3v) is 3.61. The molecule has 0 saturated carbocycles. The minimum absolute atomic E-state index is 0.0911. The Balaban J connectivity index is 2.92. The maximum absolute atomic E-state index is 13.3. The molecule has 0 aliphatic carbocycles. The van der Waals surface area contributed by atoms with Gasteiger partial charge in [0.15, 0.2) is 5.84 Å². The van der Waals surface area contributed by atoms with Crippen LogP contribution in [0.15, 0.2) is 23.4 Å². The molecule has 5 N–H and O–H groups in total. The van der Waals surface area contributed by atoms with Crippen molar-refractivity contribution in [3.63, 3.8) is 0 Å². The van der Waals surface area contributed by atoms with E-state index in [-0.39, 0.29) is 18.0 Å². The summed E-state index contributed by atoms with van der Waals surface area (Å²) < 4.78 is 13.3. The number of amidine groups is 1. The summed E-state index contributed by atoms with van der Waals surface area (Å²) in [5.41, 5.74) is 6.44. The number of aliphatic hydroxyl groups is 1. The lowest BCUT2D eigenvalue weighted by Crippen LogP contribution is -2.42. The summed E-state index contributed by atoms with van der Waals surface area (Å²) in [4.78, 5) is 0. The number of oxime groups is 1. The first-order valence-corrected chi connectivity index (χ1v) is 6.58. The molecule has 0 heterocycles. The quantitative estimate of drug-likeness (QED) is 0.264. The van der Waals surface area contributed by atoms with Gasteiger partial charge in [0.2, 0.25) is 0 Å². The molecular weight excluding hydrogens is 261 g/mol. The molecule has 1 rings (SSSR count). The van der Waals surface area contributed by atoms with E-state index in [4.69, 9.17) is 16.0 Å². The zero-order chi connectivity index (χ0) is 15.2. The molecule has 0 bridgehead atoms. The highest BCUT2D eigenvalue weighted by molar-refractivity contribution is 5.98. The summed E-state index contributed by atoms with van der Waals surface area (Å²) in [6.45, 7) is 4.57. The Hall–Kier alpha value is -1.66. The Bertz CT molecular complexity index is 479. The zero-order valence-electron chi connectivity index (χ0n) is 11.9. The largest absolute Gasteiger partial charge is 0.409 e. The topological polar surface area (TPSA) is 90.9 Å². The molecule has 0 fully saturated rings. The first-order chi connectivity index (χ1) is 9.45. The van der Waals surface area contributed by atoms with Gasteiger partial charge in [0.05, 0.1) is 0 Å². The molecule has 1 aromatic rings. The highest BCUT2D eigenvalue weighted by Crippen LogP contribution is 2.17. The monoisotopic (exact) mass is 283 g/mol. The van der Waals surface area contributed by atoms with Crippen molar-refractivity contribution in [2.24, 2.45) is 10.9 Å². The molecule has 0 amide bonds. The SMILES string of the molecule is CCC(C)(CCO)NCc1ccc(F)cc1/C(N)=N/O. The average Bonchev–Trinajstić information content (AvgIpc) is 2.45. The van der Waals surface area contributed by atoms with Crippen LogP contribution in [0.5, 0.6) is 0 Å². The molecule has 20 heavy (non-hydrogen) atoms. The molecule has 1 atom stereocenters. The number of hydrogen-bond acceptors (Lipinski definition) is 4. The van der Waals surface area contributed by atoms with Crippen LogP contribution in [-0.4, -0.2) is 28.3 Å². The van der Waals surface area contributed by atoms with E-state index < -0.39 is 5.82 Å². The number of rotatable bonds is 7. The second-order valence-corrected chi connectivity index (χ2v) is 5.03. The van der Waals surface area contributed by atoms with E-state index in [0.29, 0.717) is 18.5 Å². The molecule has 112 valence electrons. The van der Waals surface area contributed by atoms with Crippen molar-refractivity contribution in [1.82, 2.24) is 5.32 Å². The van der Waals surface area contributed by atoms with E-state index in [1.807, 2.05) is 13.8 Å². The maximum atomic E-state index is 13.3. The fraction of sp³-hybridized carbons (Fsp3) is 0.500. The Labute approximate surface area is 118 Å². The van der Waals surface area contributed by atoms with Crippen LogP contribution < -0.4 is 11.1 Å². The number of nitrogens with one attached hydrogen (secondary N) is 1. The molecular formula is C14H22FN3O2. The van der Waals surface area contributed by atoms with E-state index in [9.17, 15) is 4.39 Å². The van der Waals surface area contributed by atoms with Crippen LogP contribution in [0.2, 0.25) is 0 Å². The highest BCUT2D eigenvalue weighted by Gasteiger charge is 2.21. The summed E-state index contributed by atoms with van der Waals surface area (Å²) in [5, 5.41) is 24.1. The minimum atomic E-state index is -0.441. The highest BCUT2D eigenvalue weighted by atomic mass is 19.1. The third kappa shape index (κ3) is 4.18. The van der Waals surface area contributed by atoms with Crippen molar-refractivity contribution >= 4 is 5.84 Å². The van der Waals surface area contributed by atoms with Gasteiger partial charge in [-0.2, -0.15) is 0 Å². The molecule has 5 nitrogen and oxygen atoms in total. The first kappa shape index (κ1) is 16.4. The van der Waals surface area contributed by atoms with Gasteiger partial charge in [-0.3, -0.25) is 0 Å². The number of halogens is 1. The molecule has 0 aliphatic rings. The Morgan fingerprint density at radius 3 is 2.75 bits per heavy atom. The number of hydrogen-bond donors (Lipinski definition) is 4. The van der Waals surface area contributed by atoms with Gasteiger partial charge in [-0.15, -0.1) is 0 Å². The predicted molar refractivity (Wildman–Crippen MR) is 76.1 cm³/mol. The second-order valence-electron chi connectivity index (χ2n) is 5.03. The van der Waals surface area contributed by atoms with Gasteiger partial charge in [-0.05, 0) is 37.5 Å². The van der Waals surface area contributed by atoms with E-state index in [1.54, 1.807) is 6.07 Å². The van der Waals surface area contributed by atoms with E-state index in [2.05, 4.69) is 10.5 Å². The van der Waals surface area contributed by atoms with Gasteiger partial charge in [-0.25, -0.2) is 4.39 Å². The van der Waals surface area contributed by atoms with E-state index in [0.717, 1.165) is 12.0 Å². The van der Waals surface area contributed by atoms with Crippen molar-refractivity contribution in [2.75, 3.05) is 6.61 Å². The summed E-state index contributed by atoms with van der Waals surface area (Å²) in [5.74, 6) is -0.564. The lowest BCUT2D eigenvalue weighted by molar-refractivity contribution is 0.214. The van der Waals surface area contributed by atoms with Gasteiger partial charge in [-0.1, -0.05) is 18.1 Å². The zero-order valence-corrected chi connectivity index (χ0v) is 11.9. The van der Waals surface area contributed by atoms with Crippen LogP contribution in [0, 0.1) is 5.82 Å². The Morgan fingerprint density at radius 2 is 2.20 bits per heavy atom. The molecule has 1 unspecified atom stereocenters. The van der Waals surface area contributed by atoms with Crippen molar-refractivity contribution < 1.29 is 14.7 Å². The lowest BCUT2D eigenvalue weighted by atomic mass is 9.94. The van der Waals surface area contributed by atoms with Crippen LogP contribution >= 0.6 is 0 Å². The number of benzene rings is 1. The van der Waals surface area contributed by atoms with Gasteiger partial charge >= 0.3 is 0 Å². The molecule has 0 spiro atoms. The van der Waals surface area contributed by atoms with Crippen LogP contribution in [0.25, 0.3) is 0 Å². The van der Waals surface area contributed by atoms with Crippen LogP contribution in [0.1, 0.15) is 37.8 Å². The smallest absolute Gasteiger partial charge is 0.170 e. The lowest BCUT2D eigenvalue weighted by Gasteiger charge is -2.29. The average molecular weight is 283 g/mol. The summed E-state index contributed by atoms with van der Waals surface area (Å²) in [6.07, 6.45) is 1.46. The molecule has 1 aromatic carbocycles. The Kier molecular flexibility index (Phi) is 5.91. The normalized spacial score (nSPS) is 15.1. The summed E-state index contributed by atoms with van der Waals surface area (Å²) in [7, 11) is 0. The molecule has 0 radical (unpaired) electrons. The first-order valence-electron chi connectivity index (χ1n) is 6.58. The molecule has 0 aromatic heterocycles. The van der Waals surface area contributed by atoms with E-state index in [1.165, 1.54) is 12.1 Å². The molecule has 0 aliphatic heterocycles. The van der Waals surface area contributed by atoms with Gasteiger partial charge < -0.3 is 21.4 Å². The number of nitrogens with two attached hydrogens (primary N) is 1. The van der Waals surface area contributed by atoms with Crippen molar-refractivity contribution in [3.8, 4) is 0 Å². The van der Waals surface area contributed by atoms with Gasteiger partial charge in [0.25, 0.3) is 0 Å². The fourth-order valence-corrected chi connectivity index (χ4v) is 1.94. The number of nitrogens with zero attached hydrogens (tertiary/aromatic N) is 1. The number of aliphatic hydroxyl groups excluding tert-OH is 1. The maximum Gasteiger partial charge on any atom is 0.170 e.